The Morgan fingerprint density at radius 2 is 1.94 bits per heavy atom. The summed E-state index contributed by atoms with van der Waals surface area (Å²) in [5.41, 5.74) is 7.87. The van der Waals surface area contributed by atoms with Crippen LogP contribution in [0.25, 0.3) is 0 Å². The van der Waals surface area contributed by atoms with Crippen LogP contribution < -0.4 is 5.73 Å². The number of pyridine rings is 1. The Bertz CT molecular complexity index is 476. The number of anilines is 1. The number of aryl methyl sites for hydroxylation is 1. The van der Waals surface area contributed by atoms with Gasteiger partial charge in [-0.3, -0.25) is 4.98 Å². The van der Waals surface area contributed by atoms with Crippen molar-refractivity contribution in [2.24, 2.45) is 0 Å². The van der Waals surface area contributed by atoms with E-state index in [1.807, 2.05) is 19.1 Å². The third-order valence-corrected chi connectivity index (χ3v) is 3.53. The highest BCUT2D eigenvalue weighted by atomic mass is 127. The smallest absolute Gasteiger partial charge is 0.140 e. The van der Waals surface area contributed by atoms with Gasteiger partial charge in [0.15, 0.2) is 0 Å². The van der Waals surface area contributed by atoms with Crippen LogP contribution in [0.1, 0.15) is 17.1 Å². The van der Waals surface area contributed by atoms with Crippen LogP contribution in [0.2, 0.25) is 0 Å². The van der Waals surface area contributed by atoms with Gasteiger partial charge in [-0.15, -0.1) is 0 Å². The van der Waals surface area contributed by atoms with Crippen LogP contribution in [0.4, 0.5) is 5.82 Å². The minimum Gasteiger partial charge on any atom is -0.383 e. The Hall–Kier alpha value is -1.24. The van der Waals surface area contributed by atoms with Gasteiger partial charge in [-0.25, -0.2) is 9.97 Å². The predicted molar refractivity (Wildman–Crippen MR) is 70.9 cm³/mol. The predicted octanol–water partition coefficient (Wildman–Crippen LogP) is 1.96. The molecule has 82 valence electrons. The molecule has 0 aliphatic rings. The SMILES string of the molecule is Cc1nc(Cc2ccncc2)nc(N)c1I. The Morgan fingerprint density at radius 1 is 1.25 bits per heavy atom. The van der Waals surface area contributed by atoms with Crippen molar-refractivity contribution < 1.29 is 0 Å². The molecule has 4 nitrogen and oxygen atoms in total. The second-order valence-corrected chi connectivity index (χ2v) is 4.54. The van der Waals surface area contributed by atoms with E-state index in [-0.39, 0.29) is 0 Å². The lowest BCUT2D eigenvalue weighted by molar-refractivity contribution is 0.938. The van der Waals surface area contributed by atoms with Gasteiger partial charge in [-0.05, 0) is 47.2 Å². The molecule has 0 unspecified atom stereocenters. The Labute approximate surface area is 107 Å². The zero-order valence-corrected chi connectivity index (χ0v) is 11.0. The van der Waals surface area contributed by atoms with E-state index < -0.39 is 0 Å². The molecule has 5 heteroatoms. The van der Waals surface area contributed by atoms with Gasteiger partial charge in [0.1, 0.15) is 11.6 Å². The van der Waals surface area contributed by atoms with Crippen LogP contribution in [-0.4, -0.2) is 15.0 Å². The number of halogens is 1. The van der Waals surface area contributed by atoms with E-state index in [0.29, 0.717) is 12.2 Å². The van der Waals surface area contributed by atoms with Gasteiger partial charge in [0.2, 0.25) is 0 Å². The fraction of sp³-hybridized carbons (Fsp3) is 0.182. The first-order valence-electron chi connectivity index (χ1n) is 4.84. The molecule has 0 spiro atoms. The van der Waals surface area contributed by atoms with Crippen molar-refractivity contribution in [3.8, 4) is 0 Å². The van der Waals surface area contributed by atoms with Crippen molar-refractivity contribution in [2.75, 3.05) is 5.73 Å². The van der Waals surface area contributed by atoms with E-state index in [2.05, 4.69) is 37.5 Å². The van der Waals surface area contributed by atoms with Gasteiger partial charge >= 0.3 is 0 Å². The first-order chi connectivity index (χ1) is 7.66. The van der Waals surface area contributed by atoms with E-state index in [1.54, 1.807) is 12.4 Å². The molecule has 16 heavy (non-hydrogen) atoms. The number of hydrogen-bond acceptors (Lipinski definition) is 4. The number of hydrogen-bond donors (Lipinski definition) is 1. The molecule has 0 aliphatic carbocycles. The summed E-state index contributed by atoms with van der Waals surface area (Å²) in [5, 5.41) is 0. The molecule has 0 amide bonds. The van der Waals surface area contributed by atoms with Crippen molar-refractivity contribution >= 4 is 28.4 Å². The van der Waals surface area contributed by atoms with Crippen LogP contribution in [0.5, 0.6) is 0 Å². The summed E-state index contributed by atoms with van der Waals surface area (Å²) in [6.07, 6.45) is 4.21. The van der Waals surface area contributed by atoms with Gasteiger partial charge in [-0.1, -0.05) is 0 Å². The molecule has 0 radical (unpaired) electrons. The average molecular weight is 326 g/mol. The Balaban J connectivity index is 2.29. The topological polar surface area (TPSA) is 64.7 Å². The quantitative estimate of drug-likeness (QED) is 0.857. The van der Waals surface area contributed by atoms with Gasteiger partial charge in [-0.2, -0.15) is 0 Å². The zero-order valence-electron chi connectivity index (χ0n) is 8.81. The maximum absolute atomic E-state index is 5.80. The standard InChI is InChI=1S/C11H11IN4/c1-7-10(12)11(13)16-9(15-7)6-8-2-4-14-5-3-8/h2-5H,6H2,1H3,(H2,13,15,16). The number of aromatic nitrogens is 3. The maximum atomic E-state index is 5.80. The zero-order chi connectivity index (χ0) is 11.5. The second-order valence-electron chi connectivity index (χ2n) is 3.46. The molecule has 0 bridgehead atoms. The lowest BCUT2D eigenvalue weighted by atomic mass is 10.2. The van der Waals surface area contributed by atoms with Crippen LogP contribution in [0.3, 0.4) is 0 Å². The third kappa shape index (κ3) is 2.46. The highest BCUT2D eigenvalue weighted by Gasteiger charge is 2.06. The van der Waals surface area contributed by atoms with E-state index in [4.69, 9.17) is 5.73 Å². The van der Waals surface area contributed by atoms with Gasteiger partial charge < -0.3 is 5.73 Å². The van der Waals surface area contributed by atoms with Crippen molar-refractivity contribution in [2.45, 2.75) is 13.3 Å². The van der Waals surface area contributed by atoms with Crippen LogP contribution >= 0.6 is 22.6 Å². The lowest BCUT2D eigenvalue weighted by Gasteiger charge is -2.05. The second kappa shape index (κ2) is 4.73. The monoisotopic (exact) mass is 326 g/mol. The summed E-state index contributed by atoms with van der Waals surface area (Å²) in [6, 6.07) is 3.90. The first-order valence-corrected chi connectivity index (χ1v) is 5.92. The van der Waals surface area contributed by atoms with Crippen LogP contribution in [0.15, 0.2) is 24.5 Å². The average Bonchev–Trinajstić information content (AvgIpc) is 2.27. The Kier molecular flexibility index (Phi) is 3.33. The van der Waals surface area contributed by atoms with E-state index >= 15 is 0 Å². The van der Waals surface area contributed by atoms with Gasteiger partial charge in [0, 0.05) is 18.8 Å². The third-order valence-electron chi connectivity index (χ3n) is 2.20. The number of nitrogens with two attached hydrogens (primary N) is 1. The fourth-order valence-corrected chi connectivity index (χ4v) is 1.64. The lowest BCUT2D eigenvalue weighted by Crippen LogP contribution is -2.05. The molecule has 0 atom stereocenters. The van der Waals surface area contributed by atoms with Crippen molar-refractivity contribution in [1.82, 2.24) is 15.0 Å². The largest absolute Gasteiger partial charge is 0.383 e. The molecule has 2 N–H and O–H groups in total. The maximum Gasteiger partial charge on any atom is 0.140 e. The molecule has 2 rings (SSSR count). The van der Waals surface area contributed by atoms with E-state index in [0.717, 1.165) is 20.7 Å². The minimum absolute atomic E-state index is 0.553. The summed E-state index contributed by atoms with van der Waals surface area (Å²) >= 11 is 2.16. The summed E-state index contributed by atoms with van der Waals surface area (Å²) in [6.45, 7) is 1.94. The summed E-state index contributed by atoms with van der Waals surface area (Å²) in [4.78, 5) is 12.6. The van der Waals surface area contributed by atoms with Crippen molar-refractivity contribution in [1.29, 1.82) is 0 Å². The highest BCUT2D eigenvalue weighted by molar-refractivity contribution is 14.1. The summed E-state index contributed by atoms with van der Waals surface area (Å²) in [5.74, 6) is 1.30. The van der Waals surface area contributed by atoms with Crippen LogP contribution in [0, 0.1) is 10.5 Å². The molecule has 0 saturated heterocycles. The minimum atomic E-state index is 0.553. The molecule has 0 fully saturated rings. The molecule has 2 heterocycles. The normalized spacial score (nSPS) is 10.4. The van der Waals surface area contributed by atoms with E-state index in [1.165, 1.54) is 0 Å². The van der Waals surface area contributed by atoms with Gasteiger partial charge in [0.25, 0.3) is 0 Å². The number of rotatable bonds is 2. The molecule has 0 saturated carbocycles. The van der Waals surface area contributed by atoms with Crippen molar-refractivity contribution in [3.63, 3.8) is 0 Å². The van der Waals surface area contributed by atoms with Crippen molar-refractivity contribution in [3.05, 3.63) is 45.2 Å². The van der Waals surface area contributed by atoms with E-state index in [9.17, 15) is 0 Å². The fourth-order valence-electron chi connectivity index (χ4n) is 1.40. The first kappa shape index (κ1) is 11.3. The summed E-state index contributed by atoms with van der Waals surface area (Å²) in [7, 11) is 0. The Morgan fingerprint density at radius 3 is 2.56 bits per heavy atom. The molecule has 2 aromatic rings. The molecule has 2 aromatic heterocycles. The molecule has 0 aliphatic heterocycles. The highest BCUT2D eigenvalue weighted by Crippen LogP contribution is 2.16. The van der Waals surface area contributed by atoms with Gasteiger partial charge in [0.05, 0.1) is 9.26 Å². The summed E-state index contributed by atoms with van der Waals surface area (Å²) < 4.78 is 0.927. The van der Waals surface area contributed by atoms with Crippen LogP contribution in [-0.2, 0) is 6.42 Å². The molecular weight excluding hydrogens is 315 g/mol. The molecule has 0 aromatic carbocycles. The number of nitrogens with zero attached hydrogens (tertiary/aromatic N) is 3. The molecular formula is C11H11IN4. The number of nitrogen functional groups attached to an aromatic ring is 1.